The first-order chi connectivity index (χ1) is 11.7. The number of guanidine groups is 1. The van der Waals surface area contributed by atoms with Crippen molar-refractivity contribution in [1.29, 1.82) is 0 Å². The van der Waals surface area contributed by atoms with Gasteiger partial charge in [-0.2, -0.15) is 0 Å². The van der Waals surface area contributed by atoms with Crippen LogP contribution in [-0.4, -0.2) is 69.9 Å². The van der Waals surface area contributed by atoms with E-state index in [1.54, 1.807) is 20.4 Å². The fraction of sp³-hybridized carbons (Fsp3) is 0.647. The van der Waals surface area contributed by atoms with Gasteiger partial charge in [-0.05, 0) is 26.0 Å². The van der Waals surface area contributed by atoms with Crippen molar-refractivity contribution in [3.8, 4) is 5.88 Å². The summed E-state index contributed by atoms with van der Waals surface area (Å²) in [7, 11) is 5.46. The molecular formula is C17H31N5O2. The Morgan fingerprint density at radius 1 is 1.25 bits per heavy atom. The van der Waals surface area contributed by atoms with Gasteiger partial charge in [0.15, 0.2) is 5.96 Å². The van der Waals surface area contributed by atoms with Gasteiger partial charge in [-0.15, -0.1) is 0 Å². The number of hydrogen-bond donors (Lipinski definition) is 2. The van der Waals surface area contributed by atoms with E-state index in [1.165, 1.54) is 0 Å². The van der Waals surface area contributed by atoms with Gasteiger partial charge < -0.3 is 25.0 Å². The van der Waals surface area contributed by atoms with E-state index < -0.39 is 0 Å². The average molecular weight is 337 g/mol. The topological polar surface area (TPSA) is 71.0 Å². The lowest BCUT2D eigenvalue weighted by Gasteiger charge is -2.18. The predicted octanol–water partition coefficient (Wildman–Crippen LogP) is 1.11. The monoisotopic (exact) mass is 337 g/mol. The third-order valence-corrected chi connectivity index (χ3v) is 3.44. The van der Waals surface area contributed by atoms with Crippen LogP contribution in [0.15, 0.2) is 23.3 Å². The molecule has 2 N–H and O–H groups in total. The summed E-state index contributed by atoms with van der Waals surface area (Å²) >= 11 is 0. The van der Waals surface area contributed by atoms with Crippen LogP contribution < -0.4 is 15.4 Å². The van der Waals surface area contributed by atoms with Gasteiger partial charge in [-0.25, -0.2) is 9.98 Å². The molecular weight excluding hydrogens is 306 g/mol. The molecule has 0 aromatic carbocycles. The van der Waals surface area contributed by atoms with Crippen LogP contribution in [0.5, 0.6) is 5.88 Å². The van der Waals surface area contributed by atoms with Crippen molar-refractivity contribution in [3.63, 3.8) is 0 Å². The van der Waals surface area contributed by atoms with E-state index in [1.807, 2.05) is 12.1 Å². The summed E-state index contributed by atoms with van der Waals surface area (Å²) in [5.41, 5.74) is 1.05. The Labute approximate surface area is 145 Å². The van der Waals surface area contributed by atoms with Gasteiger partial charge in [0, 0.05) is 52.2 Å². The number of aliphatic imine (C=N–C) groups is 1. The molecule has 1 heterocycles. The molecule has 0 aliphatic rings. The highest BCUT2D eigenvalue weighted by molar-refractivity contribution is 5.79. The van der Waals surface area contributed by atoms with E-state index in [-0.39, 0.29) is 0 Å². The van der Waals surface area contributed by atoms with Gasteiger partial charge in [-0.3, -0.25) is 0 Å². The van der Waals surface area contributed by atoms with E-state index >= 15 is 0 Å². The highest BCUT2D eigenvalue weighted by Gasteiger charge is 2.01. The average Bonchev–Trinajstić information content (AvgIpc) is 2.60. The normalized spacial score (nSPS) is 11.6. The molecule has 1 aromatic heterocycles. The quantitative estimate of drug-likeness (QED) is 0.358. The lowest BCUT2D eigenvalue weighted by molar-refractivity contribution is 0.180. The van der Waals surface area contributed by atoms with Crippen LogP contribution in [0, 0.1) is 0 Å². The zero-order chi connectivity index (χ0) is 17.6. The Kier molecular flexibility index (Phi) is 10.6. The fourth-order valence-corrected chi connectivity index (χ4v) is 2.09. The highest BCUT2D eigenvalue weighted by atomic mass is 16.5. The largest absolute Gasteiger partial charge is 0.481 e. The number of nitrogens with zero attached hydrogens (tertiary/aromatic N) is 3. The Hall–Kier alpha value is -1.86. The summed E-state index contributed by atoms with van der Waals surface area (Å²) < 4.78 is 10.1. The van der Waals surface area contributed by atoms with Gasteiger partial charge in [0.25, 0.3) is 0 Å². The number of likely N-dealkylation sites (N-methyl/N-ethyl adjacent to an activating group) is 1. The van der Waals surface area contributed by atoms with Crippen LogP contribution >= 0.6 is 0 Å². The maximum Gasteiger partial charge on any atom is 0.212 e. The second kappa shape index (κ2) is 12.5. The van der Waals surface area contributed by atoms with E-state index in [0.717, 1.165) is 50.7 Å². The molecule has 0 fully saturated rings. The van der Waals surface area contributed by atoms with E-state index in [9.17, 15) is 0 Å². The summed E-state index contributed by atoms with van der Waals surface area (Å²) in [6, 6.07) is 3.82. The molecule has 0 amide bonds. The van der Waals surface area contributed by atoms with Crippen molar-refractivity contribution in [2.24, 2.45) is 4.99 Å². The molecule has 0 aliphatic heterocycles. The minimum atomic E-state index is 0.579. The van der Waals surface area contributed by atoms with Crippen molar-refractivity contribution >= 4 is 5.96 Å². The maximum absolute atomic E-state index is 5.07. The Bertz CT molecular complexity index is 465. The van der Waals surface area contributed by atoms with E-state index in [2.05, 4.69) is 39.5 Å². The molecule has 7 heteroatoms. The second-order valence-electron chi connectivity index (χ2n) is 5.48. The van der Waals surface area contributed by atoms with Crippen molar-refractivity contribution in [3.05, 3.63) is 23.9 Å². The Morgan fingerprint density at radius 3 is 2.71 bits per heavy atom. The summed E-state index contributed by atoms with van der Waals surface area (Å²) in [5, 5.41) is 6.61. The first-order valence-electron chi connectivity index (χ1n) is 8.38. The Morgan fingerprint density at radius 2 is 2.08 bits per heavy atom. The van der Waals surface area contributed by atoms with Gasteiger partial charge in [0.2, 0.25) is 5.88 Å². The van der Waals surface area contributed by atoms with Crippen LogP contribution in [0.25, 0.3) is 0 Å². The number of hydrogen-bond acceptors (Lipinski definition) is 5. The van der Waals surface area contributed by atoms with Crippen molar-refractivity contribution in [2.45, 2.75) is 19.9 Å². The minimum Gasteiger partial charge on any atom is -0.481 e. The third kappa shape index (κ3) is 8.69. The van der Waals surface area contributed by atoms with Gasteiger partial charge in [0.1, 0.15) is 0 Å². The summed E-state index contributed by atoms with van der Waals surface area (Å²) in [5.74, 6) is 1.43. The molecule has 0 saturated heterocycles. The van der Waals surface area contributed by atoms with Crippen molar-refractivity contribution < 1.29 is 9.47 Å². The number of pyridine rings is 1. The highest BCUT2D eigenvalue weighted by Crippen LogP contribution is 2.07. The van der Waals surface area contributed by atoms with Crippen molar-refractivity contribution in [2.75, 3.05) is 54.1 Å². The first kappa shape index (κ1) is 20.2. The van der Waals surface area contributed by atoms with Gasteiger partial charge in [-0.1, -0.05) is 6.07 Å². The molecule has 1 rings (SSSR count). The van der Waals surface area contributed by atoms with Crippen LogP contribution in [0.1, 0.15) is 18.9 Å². The SMILES string of the molecule is CCNC(=NCc1ccc(OC)nc1)NCCN(C)CCCOC. The van der Waals surface area contributed by atoms with E-state index in [4.69, 9.17) is 9.47 Å². The van der Waals surface area contributed by atoms with Crippen molar-refractivity contribution in [1.82, 2.24) is 20.5 Å². The molecule has 0 aliphatic carbocycles. The first-order valence-corrected chi connectivity index (χ1v) is 8.38. The molecule has 0 atom stereocenters. The standard InChI is InChI=1S/C17H31N5O2/c1-5-18-17(19-9-11-22(2)10-6-12-23-3)21-14-15-7-8-16(24-4)20-13-15/h7-8,13H,5-6,9-12,14H2,1-4H3,(H2,18,19,21). The van der Waals surface area contributed by atoms with Crippen LogP contribution in [-0.2, 0) is 11.3 Å². The maximum atomic E-state index is 5.07. The Balaban J connectivity index is 2.38. The molecule has 24 heavy (non-hydrogen) atoms. The van der Waals surface area contributed by atoms with Crippen LogP contribution in [0.4, 0.5) is 0 Å². The van der Waals surface area contributed by atoms with Crippen LogP contribution in [0.2, 0.25) is 0 Å². The lowest BCUT2D eigenvalue weighted by Crippen LogP contribution is -2.41. The molecule has 136 valence electrons. The number of methoxy groups -OCH3 is 2. The molecule has 0 spiro atoms. The molecule has 1 aromatic rings. The smallest absolute Gasteiger partial charge is 0.212 e. The number of aromatic nitrogens is 1. The third-order valence-electron chi connectivity index (χ3n) is 3.44. The van der Waals surface area contributed by atoms with Gasteiger partial charge in [0.05, 0.1) is 13.7 Å². The van der Waals surface area contributed by atoms with Crippen LogP contribution in [0.3, 0.4) is 0 Å². The fourth-order valence-electron chi connectivity index (χ4n) is 2.09. The second-order valence-corrected chi connectivity index (χ2v) is 5.48. The zero-order valence-electron chi connectivity index (χ0n) is 15.3. The molecule has 0 radical (unpaired) electrons. The summed E-state index contributed by atoms with van der Waals surface area (Å²) in [6.45, 7) is 7.10. The summed E-state index contributed by atoms with van der Waals surface area (Å²) in [4.78, 5) is 11.1. The number of nitrogens with one attached hydrogen (secondary N) is 2. The minimum absolute atomic E-state index is 0.579. The zero-order valence-corrected chi connectivity index (χ0v) is 15.3. The summed E-state index contributed by atoms with van der Waals surface area (Å²) in [6.07, 6.45) is 2.83. The molecule has 0 saturated carbocycles. The lowest BCUT2D eigenvalue weighted by atomic mass is 10.3. The predicted molar refractivity (Wildman–Crippen MR) is 97.6 cm³/mol. The molecule has 0 bridgehead atoms. The van der Waals surface area contributed by atoms with Gasteiger partial charge >= 0.3 is 0 Å². The van der Waals surface area contributed by atoms with E-state index in [0.29, 0.717) is 12.4 Å². The number of rotatable bonds is 11. The number of ether oxygens (including phenoxy) is 2. The molecule has 7 nitrogen and oxygen atoms in total. The molecule has 0 unspecified atom stereocenters.